The van der Waals surface area contributed by atoms with Crippen LogP contribution in [-0.4, -0.2) is 26.5 Å². The van der Waals surface area contributed by atoms with Gasteiger partial charge >= 0.3 is 0 Å². The maximum absolute atomic E-state index is 4.33. The Labute approximate surface area is 107 Å². The molecule has 0 aliphatic rings. The molecule has 2 heterocycles. The number of nitrogens with zero attached hydrogens (tertiary/aromatic N) is 4. The average Bonchev–Trinajstić information content (AvgIpc) is 2.79. The SMILES string of the molecule is C=CCn1nnc2c(NCCCCC)nccc21. The first-order valence-electron chi connectivity index (χ1n) is 6.39. The van der Waals surface area contributed by atoms with E-state index in [2.05, 4.69) is 34.1 Å². The summed E-state index contributed by atoms with van der Waals surface area (Å²) in [6.45, 7) is 7.50. The third kappa shape index (κ3) is 2.67. The molecule has 0 unspecified atom stereocenters. The molecule has 2 rings (SSSR count). The summed E-state index contributed by atoms with van der Waals surface area (Å²) in [5.41, 5.74) is 1.82. The molecule has 96 valence electrons. The Kier molecular flexibility index (Phi) is 4.28. The molecule has 0 fully saturated rings. The van der Waals surface area contributed by atoms with Crippen molar-refractivity contribution in [2.45, 2.75) is 32.7 Å². The largest absolute Gasteiger partial charge is 0.368 e. The molecule has 0 saturated carbocycles. The molecule has 5 nitrogen and oxygen atoms in total. The van der Waals surface area contributed by atoms with Crippen molar-refractivity contribution in [3.63, 3.8) is 0 Å². The predicted octanol–water partition coefficient (Wildman–Crippen LogP) is 2.61. The summed E-state index contributed by atoms with van der Waals surface area (Å²) >= 11 is 0. The molecule has 2 aromatic heterocycles. The quantitative estimate of drug-likeness (QED) is 0.602. The number of allylic oxidation sites excluding steroid dienone is 1. The van der Waals surface area contributed by atoms with E-state index in [1.807, 2.05) is 16.8 Å². The Morgan fingerprint density at radius 1 is 1.44 bits per heavy atom. The van der Waals surface area contributed by atoms with Gasteiger partial charge in [0.15, 0.2) is 11.3 Å². The van der Waals surface area contributed by atoms with Crippen molar-refractivity contribution in [2.75, 3.05) is 11.9 Å². The number of fused-ring (bicyclic) bond motifs is 1. The lowest BCUT2D eigenvalue weighted by Crippen LogP contribution is -2.04. The minimum absolute atomic E-state index is 0.662. The second-order valence-corrected chi connectivity index (χ2v) is 4.22. The smallest absolute Gasteiger partial charge is 0.156 e. The van der Waals surface area contributed by atoms with Gasteiger partial charge in [-0.15, -0.1) is 11.7 Å². The molecule has 0 spiro atoms. The fraction of sp³-hybridized carbons (Fsp3) is 0.462. The molecule has 0 amide bonds. The summed E-state index contributed by atoms with van der Waals surface area (Å²) in [5.74, 6) is 0.818. The highest BCUT2D eigenvalue weighted by molar-refractivity contribution is 5.84. The Morgan fingerprint density at radius 2 is 2.33 bits per heavy atom. The molecule has 1 N–H and O–H groups in total. The highest BCUT2D eigenvalue weighted by atomic mass is 15.4. The van der Waals surface area contributed by atoms with Crippen molar-refractivity contribution in [1.29, 1.82) is 0 Å². The number of hydrogen-bond acceptors (Lipinski definition) is 4. The second kappa shape index (κ2) is 6.14. The van der Waals surface area contributed by atoms with Crippen LogP contribution in [0, 0.1) is 0 Å². The summed E-state index contributed by atoms with van der Waals surface area (Å²) in [4.78, 5) is 4.33. The molecule has 0 radical (unpaired) electrons. The highest BCUT2D eigenvalue weighted by Gasteiger charge is 2.08. The summed E-state index contributed by atoms with van der Waals surface area (Å²) in [6.07, 6.45) is 7.19. The predicted molar refractivity (Wildman–Crippen MR) is 73.5 cm³/mol. The van der Waals surface area contributed by atoms with Crippen molar-refractivity contribution in [3.05, 3.63) is 24.9 Å². The van der Waals surface area contributed by atoms with Gasteiger partial charge in [0.05, 0.1) is 12.1 Å². The molecule has 0 aliphatic heterocycles. The van der Waals surface area contributed by atoms with Crippen LogP contribution < -0.4 is 5.32 Å². The van der Waals surface area contributed by atoms with Gasteiger partial charge in [-0.2, -0.15) is 0 Å². The minimum Gasteiger partial charge on any atom is -0.368 e. The summed E-state index contributed by atoms with van der Waals surface area (Å²) in [7, 11) is 0. The molecular formula is C13H19N5. The number of aromatic nitrogens is 4. The summed E-state index contributed by atoms with van der Waals surface area (Å²) < 4.78 is 1.82. The van der Waals surface area contributed by atoms with E-state index < -0.39 is 0 Å². The number of nitrogens with one attached hydrogen (secondary N) is 1. The monoisotopic (exact) mass is 245 g/mol. The Hall–Kier alpha value is -1.91. The first kappa shape index (κ1) is 12.5. The maximum Gasteiger partial charge on any atom is 0.156 e. The van der Waals surface area contributed by atoms with Crippen molar-refractivity contribution in [2.24, 2.45) is 0 Å². The Balaban J connectivity index is 2.15. The second-order valence-electron chi connectivity index (χ2n) is 4.22. The van der Waals surface area contributed by atoms with Crippen LogP contribution in [0.2, 0.25) is 0 Å². The average molecular weight is 245 g/mol. The maximum atomic E-state index is 4.33. The number of rotatable bonds is 7. The van der Waals surface area contributed by atoms with Crippen molar-refractivity contribution in [3.8, 4) is 0 Å². The van der Waals surface area contributed by atoms with Crippen LogP contribution in [0.1, 0.15) is 26.2 Å². The fourth-order valence-electron chi connectivity index (χ4n) is 1.87. The first-order valence-corrected chi connectivity index (χ1v) is 6.39. The molecule has 0 atom stereocenters. The lowest BCUT2D eigenvalue weighted by molar-refractivity contribution is 0.683. The van der Waals surface area contributed by atoms with Crippen molar-refractivity contribution >= 4 is 16.9 Å². The van der Waals surface area contributed by atoms with Gasteiger partial charge < -0.3 is 5.32 Å². The summed E-state index contributed by atoms with van der Waals surface area (Å²) in [6, 6.07) is 1.93. The van der Waals surface area contributed by atoms with Gasteiger partial charge in [0.25, 0.3) is 0 Å². The van der Waals surface area contributed by atoms with E-state index >= 15 is 0 Å². The zero-order chi connectivity index (χ0) is 12.8. The van der Waals surface area contributed by atoms with E-state index in [1.54, 1.807) is 6.20 Å². The molecular weight excluding hydrogens is 226 g/mol. The molecule has 18 heavy (non-hydrogen) atoms. The number of pyridine rings is 1. The van der Waals surface area contributed by atoms with Crippen LogP contribution in [-0.2, 0) is 6.54 Å². The minimum atomic E-state index is 0.662. The molecule has 2 aromatic rings. The molecule has 0 aromatic carbocycles. The van der Waals surface area contributed by atoms with E-state index in [9.17, 15) is 0 Å². The Bertz CT molecular complexity index is 517. The van der Waals surface area contributed by atoms with Crippen LogP contribution in [0.5, 0.6) is 0 Å². The van der Waals surface area contributed by atoms with Gasteiger partial charge in [-0.05, 0) is 12.5 Å². The van der Waals surface area contributed by atoms with Gasteiger partial charge in [-0.1, -0.05) is 31.1 Å². The van der Waals surface area contributed by atoms with Crippen LogP contribution in [0.4, 0.5) is 5.82 Å². The third-order valence-corrected chi connectivity index (χ3v) is 2.81. The van der Waals surface area contributed by atoms with Crippen molar-refractivity contribution in [1.82, 2.24) is 20.0 Å². The van der Waals surface area contributed by atoms with E-state index in [0.29, 0.717) is 6.54 Å². The van der Waals surface area contributed by atoms with Crippen LogP contribution >= 0.6 is 0 Å². The summed E-state index contributed by atoms with van der Waals surface area (Å²) in [5, 5.41) is 11.6. The third-order valence-electron chi connectivity index (χ3n) is 2.81. The van der Waals surface area contributed by atoms with Gasteiger partial charge in [0, 0.05) is 12.7 Å². The van der Waals surface area contributed by atoms with Crippen LogP contribution in [0.15, 0.2) is 24.9 Å². The molecule has 5 heteroatoms. The van der Waals surface area contributed by atoms with Crippen molar-refractivity contribution < 1.29 is 0 Å². The van der Waals surface area contributed by atoms with E-state index in [-0.39, 0.29) is 0 Å². The lowest BCUT2D eigenvalue weighted by atomic mass is 10.2. The Morgan fingerprint density at radius 3 is 3.11 bits per heavy atom. The van der Waals surface area contributed by atoms with E-state index in [1.165, 1.54) is 12.8 Å². The number of unbranched alkanes of at least 4 members (excludes halogenated alkanes) is 2. The first-order chi connectivity index (χ1) is 8.86. The van der Waals surface area contributed by atoms with E-state index in [4.69, 9.17) is 0 Å². The zero-order valence-corrected chi connectivity index (χ0v) is 10.8. The van der Waals surface area contributed by atoms with Gasteiger partial charge in [-0.25, -0.2) is 9.67 Å². The molecule has 0 saturated heterocycles. The van der Waals surface area contributed by atoms with Gasteiger partial charge in [-0.3, -0.25) is 0 Å². The standard InChI is InChI=1S/C13H19N5/c1-3-5-6-8-14-13-12-11(7-9-15-13)18(10-4-2)17-16-12/h4,7,9H,2-3,5-6,8,10H2,1H3,(H,14,15). The van der Waals surface area contributed by atoms with Gasteiger partial charge in [0.2, 0.25) is 0 Å². The molecule has 0 aliphatic carbocycles. The number of anilines is 1. The zero-order valence-electron chi connectivity index (χ0n) is 10.8. The van der Waals surface area contributed by atoms with Gasteiger partial charge in [0.1, 0.15) is 0 Å². The molecule has 0 bridgehead atoms. The van der Waals surface area contributed by atoms with Crippen LogP contribution in [0.3, 0.4) is 0 Å². The fourth-order valence-corrected chi connectivity index (χ4v) is 1.87. The van der Waals surface area contributed by atoms with Crippen LogP contribution in [0.25, 0.3) is 11.0 Å². The topological polar surface area (TPSA) is 55.6 Å². The highest BCUT2D eigenvalue weighted by Crippen LogP contribution is 2.18. The number of hydrogen-bond donors (Lipinski definition) is 1. The van der Waals surface area contributed by atoms with E-state index in [0.717, 1.165) is 29.8 Å². The normalized spacial score (nSPS) is 10.7. The lowest BCUT2D eigenvalue weighted by Gasteiger charge is -2.05.